The van der Waals surface area contributed by atoms with E-state index in [4.69, 9.17) is 22.1 Å². The zero-order valence-corrected chi connectivity index (χ0v) is 13.2. The minimum atomic E-state index is -0.257. The van der Waals surface area contributed by atoms with E-state index in [-0.39, 0.29) is 24.3 Å². The van der Waals surface area contributed by atoms with Crippen LogP contribution in [0.1, 0.15) is 12.8 Å². The predicted octanol–water partition coefficient (Wildman–Crippen LogP) is 1.48. The first-order chi connectivity index (χ1) is 10.5. The van der Waals surface area contributed by atoms with Crippen molar-refractivity contribution in [1.29, 1.82) is 0 Å². The Balaban J connectivity index is 1.89. The molecule has 1 aliphatic rings. The minimum Gasteiger partial charge on any atom is -0.495 e. The normalized spacial score (nSPS) is 16.3. The number of nitrogens with zero attached hydrogens (tertiary/aromatic N) is 1. The van der Waals surface area contributed by atoms with Crippen molar-refractivity contribution in [3.05, 3.63) is 23.2 Å². The number of nitrogens with one attached hydrogen (secondary N) is 1. The Labute approximate surface area is 134 Å². The van der Waals surface area contributed by atoms with E-state index in [9.17, 15) is 9.59 Å². The third-order valence-electron chi connectivity index (χ3n) is 3.79. The highest BCUT2D eigenvalue weighted by molar-refractivity contribution is 6.31. The van der Waals surface area contributed by atoms with Gasteiger partial charge >= 0.3 is 0 Å². The number of piperidine rings is 1. The van der Waals surface area contributed by atoms with E-state index in [0.29, 0.717) is 42.4 Å². The molecule has 1 heterocycles. The topological polar surface area (TPSA) is 84.7 Å². The quantitative estimate of drug-likeness (QED) is 0.859. The standard InChI is InChI=1S/C15H20ClN3O3/c1-22-13-3-2-11(16)8-12(13)18-14(20)9-19-6-4-10(5-7-19)15(17)21/h2-3,8,10H,4-7,9H2,1H3,(H2,17,21)(H,18,20). The summed E-state index contributed by atoms with van der Waals surface area (Å²) in [7, 11) is 1.54. The first kappa shape index (κ1) is 16.6. The van der Waals surface area contributed by atoms with E-state index in [2.05, 4.69) is 5.32 Å². The van der Waals surface area contributed by atoms with E-state index in [1.165, 1.54) is 7.11 Å². The molecule has 0 radical (unpaired) electrons. The number of primary amides is 1. The van der Waals surface area contributed by atoms with Gasteiger partial charge in [0, 0.05) is 10.9 Å². The van der Waals surface area contributed by atoms with Crippen LogP contribution in [0.4, 0.5) is 5.69 Å². The molecule has 2 rings (SSSR count). The van der Waals surface area contributed by atoms with Crippen molar-refractivity contribution in [2.45, 2.75) is 12.8 Å². The lowest BCUT2D eigenvalue weighted by Gasteiger charge is -2.29. The highest BCUT2D eigenvalue weighted by atomic mass is 35.5. The molecule has 1 aliphatic heterocycles. The molecule has 0 atom stereocenters. The number of ether oxygens (including phenoxy) is 1. The van der Waals surface area contributed by atoms with Crippen LogP contribution in [0.5, 0.6) is 5.75 Å². The lowest BCUT2D eigenvalue weighted by Crippen LogP contribution is -2.42. The van der Waals surface area contributed by atoms with Crippen LogP contribution in [0, 0.1) is 5.92 Å². The summed E-state index contributed by atoms with van der Waals surface area (Å²) in [5.74, 6) is 0.0865. The molecule has 0 aliphatic carbocycles. The molecule has 22 heavy (non-hydrogen) atoms. The number of hydrogen-bond acceptors (Lipinski definition) is 4. The maximum atomic E-state index is 12.1. The number of methoxy groups -OCH3 is 1. The Kier molecular flexibility index (Phi) is 5.63. The van der Waals surface area contributed by atoms with Gasteiger partial charge in [-0.1, -0.05) is 11.6 Å². The average Bonchev–Trinajstić information content (AvgIpc) is 2.48. The molecule has 1 aromatic carbocycles. The fourth-order valence-electron chi connectivity index (χ4n) is 2.55. The summed E-state index contributed by atoms with van der Waals surface area (Å²) in [5.41, 5.74) is 5.85. The first-order valence-corrected chi connectivity index (χ1v) is 7.52. The molecule has 7 heteroatoms. The van der Waals surface area contributed by atoms with Gasteiger partial charge in [-0.25, -0.2) is 0 Å². The Bertz CT molecular complexity index is 557. The van der Waals surface area contributed by atoms with Gasteiger partial charge in [0.05, 0.1) is 19.3 Å². The van der Waals surface area contributed by atoms with Crippen LogP contribution in [0.25, 0.3) is 0 Å². The van der Waals surface area contributed by atoms with Gasteiger partial charge in [-0.3, -0.25) is 14.5 Å². The summed E-state index contributed by atoms with van der Waals surface area (Å²) < 4.78 is 5.19. The fourth-order valence-corrected chi connectivity index (χ4v) is 2.72. The fraction of sp³-hybridized carbons (Fsp3) is 0.467. The third-order valence-corrected chi connectivity index (χ3v) is 4.03. The number of benzene rings is 1. The number of carbonyl (C=O) groups excluding carboxylic acids is 2. The summed E-state index contributed by atoms with van der Waals surface area (Å²) in [6.45, 7) is 1.64. The molecule has 120 valence electrons. The van der Waals surface area contributed by atoms with Gasteiger partial charge in [0.15, 0.2) is 0 Å². The van der Waals surface area contributed by atoms with E-state index >= 15 is 0 Å². The van der Waals surface area contributed by atoms with Gasteiger partial charge in [0.2, 0.25) is 11.8 Å². The number of halogens is 1. The number of carbonyl (C=O) groups is 2. The van der Waals surface area contributed by atoms with Gasteiger partial charge in [-0.15, -0.1) is 0 Å². The first-order valence-electron chi connectivity index (χ1n) is 7.14. The molecule has 0 bridgehead atoms. The molecule has 1 saturated heterocycles. The Morgan fingerprint density at radius 1 is 1.41 bits per heavy atom. The molecule has 0 saturated carbocycles. The lowest BCUT2D eigenvalue weighted by atomic mass is 9.96. The third kappa shape index (κ3) is 4.35. The van der Waals surface area contributed by atoms with E-state index in [1.54, 1.807) is 18.2 Å². The number of hydrogen-bond donors (Lipinski definition) is 2. The van der Waals surface area contributed by atoms with E-state index in [1.807, 2.05) is 4.90 Å². The van der Waals surface area contributed by atoms with Crippen LogP contribution in [0.2, 0.25) is 5.02 Å². The van der Waals surface area contributed by atoms with Crippen molar-refractivity contribution in [3.8, 4) is 5.75 Å². The SMILES string of the molecule is COc1ccc(Cl)cc1NC(=O)CN1CCC(C(N)=O)CC1. The second kappa shape index (κ2) is 7.47. The van der Waals surface area contributed by atoms with Crippen molar-refractivity contribution < 1.29 is 14.3 Å². The summed E-state index contributed by atoms with van der Waals surface area (Å²) >= 11 is 5.93. The highest BCUT2D eigenvalue weighted by Gasteiger charge is 2.24. The van der Waals surface area contributed by atoms with Crippen LogP contribution in [-0.2, 0) is 9.59 Å². The molecule has 2 amide bonds. The number of rotatable bonds is 5. The second-order valence-electron chi connectivity index (χ2n) is 5.35. The summed E-state index contributed by atoms with van der Waals surface area (Å²) in [6.07, 6.45) is 1.40. The molecule has 6 nitrogen and oxygen atoms in total. The predicted molar refractivity (Wildman–Crippen MR) is 85.0 cm³/mol. The van der Waals surface area contributed by atoms with Gasteiger partial charge < -0.3 is 15.8 Å². The summed E-state index contributed by atoms with van der Waals surface area (Å²) in [5, 5.41) is 3.33. The molecular weight excluding hydrogens is 306 g/mol. The second-order valence-corrected chi connectivity index (χ2v) is 5.78. The van der Waals surface area contributed by atoms with Gasteiger partial charge in [-0.2, -0.15) is 0 Å². The van der Waals surface area contributed by atoms with Crippen molar-refractivity contribution in [3.63, 3.8) is 0 Å². The van der Waals surface area contributed by atoms with Crippen LogP contribution >= 0.6 is 11.6 Å². The molecule has 0 aromatic heterocycles. The maximum Gasteiger partial charge on any atom is 0.238 e. The molecule has 1 fully saturated rings. The molecule has 0 unspecified atom stereocenters. The van der Waals surface area contributed by atoms with Gasteiger partial charge in [0.1, 0.15) is 5.75 Å². The average molecular weight is 326 g/mol. The number of amides is 2. The zero-order chi connectivity index (χ0) is 16.1. The highest BCUT2D eigenvalue weighted by Crippen LogP contribution is 2.27. The van der Waals surface area contributed by atoms with Crippen LogP contribution in [-0.4, -0.2) is 43.5 Å². The van der Waals surface area contributed by atoms with Gasteiger partial charge in [-0.05, 0) is 44.1 Å². The maximum absolute atomic E-state index is 12.1. The molecule has 1 aromatic rings. The summed E-state index contributed by atoms with van der Waals surface area (Å²) in [4.78, 5) is 25.3. The Morgan fingerprint density at radius 2 is 2.09 bits per heavy atom. The Morgan fingerprint density at radius 3 is 2.68 bits per heavy atom. The van der Waals surface area contributed by atoms with Crippen molar-refractivity contribution in [1.82, 2.24) is 4.90 Å². The van der Waals surface area contributed by atoms with E-state index in [0.717, 1.165) is 0 Å². The van der Waals surface area contributed by atoms with Crippen LogP contribution in [0.3, 0.4) is 0 Å². The lowest BCUT2D eigenvalue weighted by molar-refractivity contribution is -0.123. The van der Waals surface area contributed by atoms with Crippen LogP contribution in [0.15, 0.2) is 18.2 Å². The monoisotopic (exact) mass is 325 g/mol. The number of likely N-dealkylation sites (tertiary alicyclic amines) is 1. The number of nitrogens with two attached hydrogens (primary N) is 1. The van der Waals surface area contributed by atoms with Crippen LogP contribution < -0.4 is 15.8 Å². The minimum absolute atomic E-state index is 0.0765. The number of anilines is 1. The molecular formula is C15H20ClN3O3. The zero-order valence-electron chi connectivity index (χ0n) is 12.5. The van der Waals surface area contributed by atoms with Crippen molar-refractivity contribution >= 4 is 29.1 Å². The van der Waals surface area contributed by atoms with Crippen molar-refractivity contribution in [2.24, 2.45) is 11.7 Å². The van der Waals surface area contributed by atoms with Gasteiger partial charge in [0.25, 0.3) is 0 Å². The largest absolute Gasteiger partial charge is 0.495 e. The Hall–Kier alpha value is -1.79. The van der Waals surface area contributed by atoms with Crippen molar-refractivity contribution in [2.75, 3.05) is 32.1 Å². The van der Waals surface area contributed by atoms with E-state index < -0.39 is 0 Å². The molecule has 0 spiro atoms. The molecule has 3 N–H and O–H groups in total. The smallest absolute Gasteiger partial charge is 0.238 e. The summed E-state index contributed by atoms with van der Waals surface area (Å²) in [6, 6.07) is 5.05.